The number of hydrogen-bond acceptors (Lipinski definition) is 1. The van der Waals surface area contributed by atoms with Gasteiger partial charge in [-0.1, -0.05) is 66.7 Å². The second kappa shape index (κ2) is 5.76. The molecule has 0 aliphatic heterocycles. The molecule has 0 amide bonds. The number of rotatable bonds is 6. The highest BCUT2D eigenvalue weighted by Gasteiger charge is 2.67. The summed E-state index contributed by atoms with van der Waals surface area (Å²) in [5, 5.41) is 3.80. The molecule has 1 saturated carbocycles. The molecule has 1 fully saturated rings. The van der Waals surface area contributed by atoms with Gasteiger partial charge in [0.25, 0.3) is 0 Å². The highest BCUT2D eigenvalue weighted by atomic mass is 15.0. The van der Waals surface area contributed by atoms with Gasteiger partial charge in [0.2, 0.25) is 0 Å². The first-order chi connectivity index (χ1) is 9.81. The van der Waals surface area contributed by atoms with Gasteiger partial charge in [-0.25, -0.2) is 0 Å². The minimum Gasteiger partial charge on any atom is -0.310 e. The predicted octanol–water partition coefficient (Wildman–Crippen LogP) is 5.14. The Bertz CT molecular complexity index is 485. The lowest BCUT2D eigenvalue weighted by atomic mass is 9.89. The van der Waals surface area contributed by atoms with E-state index in [2.05, 4.69) is 72.0 Å². The molecular formula is C20H33N. The molecule has 1 aliphatic carbocycles. The Morgan fingerprint density at radius 3 is 2.05 bits per heavy atom. The summed E-state index contributed by atoms with van der Waals surface area (Å²) in [5.41, 5.74) is 5.33. The zero-order valence-corrected chi connectivity index (χ0v) is 15.0. The van der Waals surface area contributed by atoms with Crippen LogP contribution in [0.25, 0.3) is 0 Å². The molecular weight excluding hydrogens is 254 g/mol. The second-order valence-corrected chi connectivity index (χ2v) is 7.70. The third-order valence-electron chi connectivity index (χ3n) is 6.22. The fourth-order valence-corrected chi connectivity index (χ4v) is 4.18. The monoisotopic (exact) mass is 287 g/mol. The van der Waals surface area contributed by atoms with Crippen molar-refractivity contribution in [3.8, 4) is 0 Å². The van der Waals surface area contributed by atoms with Crippen molar-refractivity contribution in [3.05, 3.63) is 34.9 Å². The first kappa shape index (κ1) is 16.5. The van der Waals surface area contributed by atoms with Gasteiger partial charge in [0.1, 0.15) is 0 Å². The topological polar surface area (TPSA) is 12.0 Å². The van der Waals surface area contributed by atoms with Crippen molar-refractivity contribution in [1.29, 1.82) is 0 Å². The van der Waals surface area contributed by atoms with Crippen LogP contribution in [0.4, 0.5) is 0 Å². The molecule has 0 spiro atoms. The number of aryl methyl sites for hydroxylation is 2. The van der Waals surface area contributed by atoms with Crippen LogP contribution >= 0.6 is 0 Å². The van der Waals surface area contributed by atoms with Crippen molar-refractivity contribution in [3.63, 3.8) is 0 Å². The Balaban J connectivity index is 2.44. The Morgan fingerprint density at radius 1 is 1.00 bits per heavy atom. The van der Waals surface area contributed by atoms with Crippen molar-refractivity contribution in [1.82, 2.24) is 5.32 Å². The summed E-state index contributed by atoms with van der Waals surface area (Å²) in [7, 11) is 0. The predicted molar refractivity (Wildman–Crippen MR) is 92.7 cm³/mol. The summed E-state index contributed by atoms with van der Waals surface area (Å²) >= 11 is 0. The first-order valence-corrected chi connectivity index (χ1v) is 8.66. The molecule has 2 rings (SSSR count). The smallest absolute Gasteiger partial charge is 0.0362 e. The van der Waals surface area contributed by atoms with Crippen molar-refractivity contribution in [2.75, 3.05) is 6.54 Å². The molecule has 1 heteroatoms. The van der Waals surface area contributed by atoms with E-state index in [-0.39, 0.29) is 0 Å². The highest BCUT2D eigenvalue weighted by molar-refractivity contribution is 5.37. The Labute approximate surface area is 131 Å². The first-order valence-electron chi connectivity index (χ1n) is 8.66. The van der Waals surface area contributed by atoms with E-state index >= 15 is 0 Å². The fourth-order valence-electron chi connectivity index (χ4n) is 4.18. The van der Waals surface area contributed by atoms with Gasteiger partial charge in [-0.15, -0.1) is 0 Å². The average Bonchev–Trinajstić information content (AvgIpc) is 2.85. The molecule has 0 heterocycles. The van der Waals surface area contributed by atoms with E-state index in [4.69, 9.17) is 0 Å². The Morgan fingerprint density at radius 2 is 1.62 bits per heavy atom. The molecule has 0 saturated heterocycles. The van der Waals surface area contributed by atoms with Crippen molar-refractivity contribution in [2.24, 2.45) is 16.7 Å². The lowest BCUT2D eigenvalue weighted by molar-refractivity contribution is 0.416. The number of nitrogens with one attached hydrogen (secondary N) is 1. The van der Waals surface area contributed by atoms with Crippen LogP contribution in [0.3, 0.4) is 0 Å². The van der Waals surface area contributed by atoms with Crippen LogP contribution in [0.15, 0.2) is 18.2 Å². The second-order valence-electron chi connectivity index (χ2n) is 7.70. The fraction of sp³-hybridized carbons (Fsp3) is 0.700. The zero-order valence-electron chi connectivity index (χ0n) is 15.0. The summed E-state index contributed by atoms with van der Waals surface area (Å²) in [6.45, 7) is 17.5. The van der Waals surface area contributed by atoms with E-state index in [0.717, 1.165) is 19.4 Å². The molecule has 0 aromatic heterocycles. The molecule has 21 heavy (non-hydrogen) atoms. The van der Waals surface area contributed by atoms with Gasteiger partial charge < -0.3 is 5.32 Å². The molecule has 0 radical (unpaired) electrons. The third-order valence-corrected chi connectivity index (χ3v) is 6.22. The summed E-state index contributed by atoms with van der Waals surface area (Å²) in [4.78, 5) is 0. The lowest BCUT2D eigenvalue weighted by Crippen LogP contribution is -2.26. The van der Waals surface area contributed by atoms with Gasteiger partial charge in [0, 0.05) is 6.04 Å². The largest absolute Gasteiger partial charge is 0.310 e. The minimum absolute atomic E-state index is 0.410. The Kier molecular flexibility index (Phi) is 4.54. The van der Waals surface area contributed by atoms with E-state index in [1.54, 1.807) is 5.56 Å². The molecule has 1 N–H and O–H groups in total. The lowest BCUT2D eigenvalue weighted by Gasteiger charge is -2.24. The van der Waals surface area contributed by atoms with Crippen molar-refractivity contribution >= 4 is 0 Å². The summed E-state index contributed by atoms with van der Waals surface area (Å²) in [6.07, 6.45) is 2.24. The maximum atomic E-state index is 3.80. The number of hydrogen-bond donors (Lipinski definition) is 1. The van der Waals surface area contributed by atoms with E-state index in [1.807, 2.05) is 0 Å². The van der Waals surface area contributed by atoms with Gasteiger partial charge in [0.05, 0.1) is 0 Å². The van der Waals surface area contributed by atoms with Gasteiger partial charge >= 0.3 is 0 Å². The van der Waals surface area contributed by atoms with Crippen molar-refractivity contribution < 1.29 is 0 Å². The molecule has 0 bridgehead atoms. The normalized spacial score (nSPS) is 21.3. The van der Waals surface area contributed by atoms with Crippen LogP contribution in [0.5, 0.6) is 0 Å². The number of benzene rings is 1. The summed E-state index contributed by atoms with van der Waals surface area (Å²) in [5.74, 6) is 0.711. The van der Waals surface area contributed by atoms with E-state index < -0.39 is 0 Å². The SMILES string of the molecule is CCNC(c1cc(CC)ccc1CC)C1C(C)(C)C1(C)C. The van der Waals surface area contributed by atoms with E-state index in [1.165, 1.54) is 11.1 Å². The minimum atomic E-state index is 0.410. The molecule has 1 aromatic rings. The highest BCUT2D eigenvalue weighted by Crippen LogP contribution is 2.72. The molecule has 1 atom stereocenters. The van der Waals surface area contributed by atoms with E-state index in [0.29, 0.717) is 22.8 Å². The van der Waals surface area contributed by atoms with Crippen LogP contribution in [0.2, 0.25) is 0 Å². The summed E-state index contributed by atoms with van der Waals surface area (Å²) in [6, 6.07) is 7.59. The average molecular weight is 287 g/mol. The van der Waals surface area contributed by atoms with Crippen LogP contribution in [-0.2, 0) is 12.8 Å². The summed E-state index contributed by atoms with van der Waals surface area (Å²) < 4.78 is 0. The molecule has 118 valence electrons. The molecule has 1 nitrogen and oxygen atoms in total. The van der Waals surface area contributed by atoms with Crippen LogP contribution in [0.1, 0.15) is 71.2 Å². The maximum absolute atomic E-state index is 3.80. The van der Waals surface area contributed by atoms with Gasteiger partial charge in [-0.3, -0.25) is 0 Å². The third kappa shape index (κ3) is 2.65. The van der Waals surface area contributed by atoms with Gasteiger partial charge in [-0.05, 0) is 52.8 Å². The quantitative estimate of drug-likeness (QED) is 0.763. The Hall–Kier alpha value is -0.820. The molecule has 1 unspecified atom stereocenters. The molecule has 1 aromatic carbocycles. The van der Waals surface area contributed by atoms with Crippen molar-refractivity contribution in [2.45, 2.75) is 67.3 Å². The maximum Gasteiger partial charge on any atom is 0.0362 e. The van der Waals surface area contributed by atoms with Crippen LogP contribution in [-0.4, -0.2) is 6.54 Å². The molecule has 1 aliphatic rings. The zero-order chi connectivity index (χ0) is 15.8. The van der Waals surface area contributed by atoms with Crippen LogP contribution in [0, 0.1) is 16.7 Å². The van der Waals surface area contributed by atoms with Crippen LogP contribution < -0.4 is 5.32 Å². The van der Waals surface area contributed by atoms with Gasteiger partial charge in [0.15, 0.2) is 0 Å². The van der Waals surface area contributed by atoms with E-state index in [9.17, 15) is 0 Å². The van der Waals surface area contributed by atoms with Gasteiger partial charge in [-0.2, -0.15) is 0 Å². The standard InChI is InChI=1S/C20H33N/c1-8-14-11-12-15(9-2)16(13-14)17(21-10-3)18-19(4,5)20(18,6)7/h11-13,17-18,21H,8-10H2,1-7H3.